The molecule has 4 aliphatic rings. The summed E-state index contributed by atoms with van der Waals surface area (Å²) < 4.78 is 33.3. The Labute approximate surface area is 425 Å². The summed E-state index contributed by atoms with van der Waals surface area (Å²) in [4.78, 5) is 51.9. The lowest BCUT2D eigenvalue weighted by molar-refractivity contribution is -0.120. The van der Waals surface area contributed by atoms with Crippen molar-refractivity contribution < 1.29 is 38.1 Å². The molecule has 4 saturated heterocycles. The second-order valence-electron chi connectivity index (χ2n) is 20.3. The Balaban J connectivity index is 0.000000183. The zero-order valence-electron chi connectivity index (χ0n) is 43.4. The first-order valence-corrected chi connectivity index (χ1v) is 25.2. The topological polar surface area (TPSA) is 204 Å². The molecule has 0 aliphatic carbocycles. The van der Waals surface area contributed by atoms with Crippen LogP contribution < -0.4 is 44.7 Å². The molecular formula is C53H68N12O8. The van der Waals surface area contributed by atoms with Gasteiger partial charge in [-0.25, -0.2) is 23.8 Å². The van der Waals surface area contributed by atoms with Crippen LogP contribution in [-0.2, 0) is 14.3 Å². The SMILES string of the molecule is COc1cc(-c2cn3ncc(C)c3c(O[C@H](C)[C@H]3CNC(=O)C3)n2)ccc1N1CCN(C(=O)OC(C)(C)C)CC1.COc1cc(-c2cn3ncc(C)c3c(O[C@H](C)[C@H]3CNC(=O)C3)n2)ccc1N1CCNCC1. The van der Waals surface area contributed by atoms with Crippen molar-refractivity contribution in [3.8, 4) is 45.8 Å². The maximum atomic E-state index is 12.5. The number of rotatable bonds is 12. The molecule has 8 heterocycles. The number of aromatic nitrogens is 6. The van der Waals surface area contributed by atoms with E-state index >= 15 is 0 Å². The molecule has 4 aliphatic heterocycles. The minimum absolute atomic E-state index is 0.0475. The maximum Gasteiger partial charge on any atom is 0.410 e. The lowest BCUT2D eigenvalue weighted by atomic mass is 10.0. The van der Waals surface area contributed by atoms with Gasteiger partial charge >= 0.3 is 6.09 Å². The lowest BCUT2D eigenvalue weighted by Gasteiger charge is -2.37. The third kappa shape index (κ3) is 11.3. The smallest absolute Gasteiger partial charge is 0.410 e. The van der Waals surface area contributed by atoms with Gasteiger partial charge in [-0.05, 0) is 72.7 Å². The Morgan fingerprint density at radius 2 is 1.12 bits per heavy atom. The molecule has 3 amide bonds. The Kier molecular flexibility index (Phi) is 14.8. The van der Waals surface area contributed by atoms with Crippen LogP contribution in [0.3, 0.4) is 0 Å². The molecule has 4 atom stereocenters. The first kappa shape index (κ1) is 50.6. The number of anilines is 2. The van der Waals surface area contributed by atoms with Crippen molar-refractivity contribution in [3.05, 3.63) is 72.3 Å². The molecule has 0 radical (unpaired) electrons. The number of hydrogen-bond acceptors (Lipinski definition) is 15. The minimum atomic E-state index is -0.519. The van der Waals surface area contributed by atoms with Gasteiger partial charge < -0.3 is 54.3 Å². The number of carbonyl (C=O) groups excluding carboxylic acids is 3. The Hall–Kier alpha value is -7.35. The van der Waals surface area contributed by atoms with Gasteiger partial charge in [0.05, 0.1) is 61.8 Å². The molecule has 0 bridgehead atoms. The number of piperazine rings is 2. The summed E-state index contributed by atoms with van der Waals surface area (Å²) in [6.45, 7) is 21.1. The third-order valence-corrected chi connectivity index (χ3v) is 13.9. The zero-order valence-corrected chi connectivity index (χ0v) is 43.4. The third-order valence-electron chi connectivity index (χ3n) is 13.9. The van der Waals surface area contributed by atoms with E-state index in [1.807, 2.05) is 95.8 Å². The minimum Gasteiger partial charge on any atom is -0.495 e. The molecular weight excluding hydrogens is 933 g/mol. The quantitative estimate of drug-likeness (QED) is 0.135. The largest absolute Gasteiger partial charge is 0.495 e. The normalized spacial score (nSPS) is 19.0. The van der Waals surface area contributed by atoms with E-state index < -0.39 is 5.60 Å². The van der Waals surface area contributed by atoms with E-state index in [0.717, 1.165) is 82.3 Å². The number of nitrogens with one attached hydrogen (secondary N) is 3. The molecule has 6 aromatic rings. The Morgan fingerprint density at radius 3 is 1.53 bits per heavy atom. The molecule has 3 N–H and O–H groups in total. The Bertz CT molecular complexity index is 2970. The van der Waals surface area contributed by atoms with Crippen molar-refractivity contribution in [1.29, 1.82) is 0 Å². The molecule has 10 rings (SSSR count). The second-order valence-corrected chi connectivity index (χ2v) is 20.3. The molecule has 4 fully saturated rings. The predicted octanol–water partition coefficient (Wildman–Crippen LogP) is 5.70. The van der Waals surface area contributed by atoms with Gasteiger partial charge in [0.1, 0.15) is 40.3 Å². The fourth-order valence-electron chi connectivity index (χ4n) is 9.70. The van der Waals surface area contributed by atoms with Gasteiger partial charge in [-0.15, -0.1) is 0 Å². The molecule has 73 heavy (non-hydrogen) atoms. The van der Waals surface area contributed by atoms with Gasteiger partial charge in [0.2, 0.25) is 23.6 Å². The van der Waals surface area contributed by atoms with Crippen LogP contribution in [0.25, 0.3) is 33.5 Å². The summed E-state index contributed by atoms with van der Waals surface area (Å²) >= 11 is 0. The monoisotopic (exact) mass is 1000 g/mol. The van der Waals surface area contributed by atoms with E-state index in [2.05, 4.69) is 48.1 Å². The fourth-order valence-corrected chi connectivity index (χ4v) is 9.70. The number of benzene rings is 2. The van der Waals surface area contributed by atoms with E-state index in [0.29, 0.717) is 75.3 Å². The zero-order chi connectivity index (χ0) is 51.6. The summed E-state index contributed by atoms with van der Waals surface area (Å²) in [6, 6.07) is 12.2. The van der Waals surface area contributed by atoms with E-state index in [4.69, 9.17) is 33.7 Å². The first-order chi connectivity index (χ1) is 35.0. The summed E-state index contributed by atoms with van der Waals surface area (Å²) in [7, 11) is 3.35. The highest BCUT2D eigenvalue weighted by Crippen LogP contribution is 2.37. The maximum absolute atomic E-state index is 12.5. The van der Waals surface area contributed by atoms with Gasteiger partial charge in [-0.1, -0.05) is 12.1 Å². The Morgan fingerprint density at radius 1 is 0.671 bits per heavy atom. The van der Waals surface area contributed by atoms with E-state index in [1.165, 1.54) is 0 Å². The number of amides is 3. The van der Waals surface area contributed by atoms with Gasteiger partial charge in [0, 0.05) is 112 Å². The van der Waals surface area contributed by atoms with E-state index in [1.54, 1.807) is 29.8 Å². The van der Waals surface area contributed by atoms with E-state index in [9.17, 15) is 14.4 Å². The highest BCUT2D eigenvalue weighted by Gasteiger charge is 2.32. The average molecular weight is 1000 g/mol. The fraction of sp³-hybridized carbons (Fsp3) is 0.491. The molecule has 0 saturated carbocycles. The van der Waals surface area contributed by atoms with E-state index in [-0.39, 0.29) is 42.0 Å². The van der Waals surface area contributed by atoms with Crippen molar-refractivity contribution in [1.82, 2.24) is 50.0 Å². The summed E-state index contributed by atoms with van der Waals surface area (Å²) in [5, 5.41) is 18.2. The van der Waals surface area contributed by atoms with Gasteiger partial charge in [-0.2, -0.15) is 10.2 Å². The second kappa shape index (κ2) is 21.4. The first-order valence-electron chi connectivity index (χ1n) is 25.2. The van der Waals surface area contributed by atoms with Crippen molar-refractivity contribution in [2.45, 2.75) is 79.1 Å². The molecule has 0 unspecified atom stereocenters. The number of fused-ring (bicyclic) bond motifs is 2. The molecule has 2 aromatic carbocycles. The molecule has 0 spiro atoms. The summed E-state index contributed by atoms with van der Waals surface area (Å²) in [5.41, 5.74) is 8.34. The van der Waals surface area contributed by atoms with Crippen molar-refractivity contribution in [2.75, 3.05) is 89.5 Å². The van der Waals surface area contributed by atoms with Crippen LogP contribution >= 0.6 is 0 Å². The number of aryl methyl sites for hydroxylation is 2. The molecule has 20 heteroatoms. The van der Waals surface area contributed by atoms with Crippen molar-refractivity contribution >= 4 is 40.3 Å². The summed E-state index contributed by atoms with van der Waals surface area (Å²) in [5.74, 6) is 2.86. The number of carbonyl (C=O) groups is 3. The van der Waals surface area contributed by atoms with Gasteiger partial charge in [0.25, 0.3) is 0 Å². The van der Waals surface area contributed by atoms with Crippen LogP contribution in [0.15, 0.2) is 61.2 Å². The number of ether oxygens (including phenoxy) is 5. The highest BCUT2D eigenvalue weighted by atomic mass is 16.6. The summed E-state index contributed by atoms with van der Waals surface area (Å²) in [6.07, 6.45) is 7.68. The molecule has 20 nitrogen and oxygen atoms in total. The standard InChI is InChI=1S/C29H38N6O5.C24H30N6O3/c1-18-15-31-35-17-22(32-27(26(18)35)39-19(2)21-14-25(36)30-16-21)20-7-8-23(24(13-20)38-6)33-9-11-34(12-10-33)28(37)40-29(3,4)5;1-15-12-27-30-14-19(28-24(23(15)30)33-16(2)18-11-22(31)26-13-18)17-4-5-20(21(10-17)32-3)29-8-6-25-7-9-29/h7-8,13,15,17,19,21H,9-12,14,16H2,1-6H3,(H,30,36);4-5,10,12,14,16,18,25H,6-9,11,13H2,1-3H3,(H,26,31)/t19-,21-;16-,18-/m11/s1. The average Bonchev–Trinajstić information content (AvgIpc) is 4.21. The van der Waals surface area contributed by atoms with Crippen LogP contribution in [0.4, 0.5) is 16.2 Å². The molecule has 388 valence electrons. The highest BCUT2D eigenvalue weighted by molar-refractivity contribution is 5.79. The van der Waals surface area contributed by atoms with Crippen LogP contribution in [-0.4, -0.2) is 149 Å². The number of methoxy groups -OCH3 is 2. The van der Waals surface area contributed by atoms with Gasteiger partial charge in [0.15, 0.2) is 0 Å². The molecule has 4 aromatic heterocycles. The van der Waals surface area contributed by atoms with Crippen LogP contribution in [0.1, 0.15) is 58.6 Å². The van der Waals surface area contributed by atoms with Crippen LogP contribution in [0.5, 0.6) is 23.3 Å². The lowest BCUT2D eigenvalue weighted by Crippen LogP contribution is -2.50. The number of hydrogen-bond donors (Lipinski definition) is 3. The predicted molar refractivity (Wildman–Crippen MR) is 277 cm³/mol. The van der Waals surface area contributed by atoms with Crippen LogP contribution in [0, 0.1) is 25.7 Å². The van der Waals surface area contributed by atoms with Crippen molar-refractivity contribution in [2.24, 2.45) is 11.8 Å². The van der Waals surface area contributed by atoms with Crippen molar-refractivity contribution in [3.63, 3.8) is 0 Å². The number of nitrogens with zero attached hydrogens (tertiary/aromatic N) is 9. The van der Waals surface area contributed by atoms with Gasteiger partial charge in [-0.3, -0.25) is 9.59 Å². The van der Waals surface area contributed by atoms with Crippen LogP contribution in [0.2, 0.25) is 0 Å².